The number of hydrogen-bond donors (Lipinski definition) is 1. The molecule has 134 valence electrons. The fourth-order valence-corrected chi connectivity index (χ4v) is 3.31. The second kappa shape index (κ2) is 6.94. The number of halogens is 1. The predicted octanol–water partition coefficient (Wildman–Crippen LogP) is 3.34. The van der Waals surface area contributed by atoms with Crippen LogP contribution in [0.2, 0.25) is 5.02 Å². The first-order valence-electron chi connectivity index (χ1n) is 8.03. The van der Waals surface area contributed by atoms with Gasteiger partial charge in [0.15, 0.2) is 11.4 Å². The topological polar surface area (TPSA) is 66.8 Å². The summed E-state index contributed by atoms with van der Waals surface area (Å²) in [5.74, 6) is -0.408. The molecule has 1 atom stereocenters. The molecule has 2 aromatic rings. The number of amides is 1. The minimum atomic E-state index is -1.97. The molecule has 1 aliphatic heterocycles. The van der Waals surface area contributed by atoms with Gasteiger partial charge in [-0.05, 0) is 30.3 Å². The molecule has 0 aliphatic carbocycles. The molecule has 0 saturated carbocycles. The van der Waals surface area contributed by atoms with Gasteiger partial charge in [-0.1, -0.05) is 29.8 Å². The number of methoxy groups -OCH3 is 1. The van der Waals surface area contributed by atoms with Gasteiger partial charge in [-0.2, -0.15) is 0 Å². The highest BCUT2D eigenvalue weighted by Gasteiger charge is 2.50. The standard InChI is InChI=1S/C20H18ClNO4/c1-3-9-22-17-8-7-14(21)11-16(17)20(25,19(22)24)12-18(23)13-5-4-6-15(10-13)26-2/h3-8,10-11,25H,1,9,12H2,2H3. The van der Waals surface area contributed by atoms with E-state index in [-0.39, 0.29) is 18.7 Å². The molecule has 26 heavy (non-hydrogen) atoms. The fraction of sp³-hybridized carbons (Fsp3) is 0.200. The van der Waals surface area contributed by atoms with E-state index in [4.69, 9.17) is 16.3 Å². The van der Waals surface area contributed by atoms with Crippen molar-refractivity contribution in [1.29, 1.82) is 0 Å². The molecule has 3 rings (SSSR count). The maximum atomic E-state index is 12.9. The normalized spacial score (nSPS) is 18.6. The maximum Gasteiger partial charge on any atom is 0.264 e. The molecule has 6 heteroatoms. The van der Waals surface area contributed by atoms with Crippen LogP contribution in [0.5, 0.6) is 5.75 Å². The second-order valence-electron chi connectivity index (χ2n) is 6.06. The van der Waals surface area contributed by atoms with E-state index in [0.29, 0.717) is 27.6 Å². The molecule has 1 unspecified atom stereocenters. The number of carbonyl (C=O) groups excluding carboxylic acids is 2. The van der Waals surface area contributed by atoms with Gasteiger partial charge < -0.3 is 14.7 Å². The molecule has 1 aliphatic rings. The Morgan fingerprint density at radius 2 is 2.12 bits per heavy atom. The van der Waals surface area contributed by atoms with Crippen LogP contribution >= 0.6 is 11.6 Å². The molecule has 1 N–H and O–H groups in total. The van der Waals surface area contributed by atoms with Crippen molar-refractivity contribution in [2.75, 3.05) is 18.6 Å². The molecule has 0 aromatic heterocycles. The van der Waals surface area contributed by atoms with Gasteiger partial charge in [0.2, 0.25) is 0 Å². The van der Waals surface area contributed by atoms with Gasteiger partial charge in [-0.15, -0.1) is 6.58 Å². The Morgan fingerprint density at radius 1 is 1.35 bits per heavy atom. The van der Waals surface area contributed by atoms with Gasteiger partial charge >= 0.3 is 0 Å². The lowest BCUT2D eigenvalue weighted by Crippen LogP contribution is -2.41. The van der Waals surface area contributed by atoms with E-state index in [9.17, 15) is 14.7 Å². The minimum absolute atomic E-state index is 0.225. The molecule has 1 heterocycles. The molecular formula is C20H18ClNO4. The number of carbonyl (C=O) groups is 2. The summed E-state index contributed by atoms with van der Waals surface area (Å²) in [7, 11) is 1.50. The minimum Gasteiger partial charge on any atom is -0.497 e. The van der Waals surface area contributed by atoms with Gasteiger partial charge in [0.1, 0.15) is 5.75 Å². The monoisotopic (exact) mass is 371 g/mol. The zero-order valence-electron chi connectivity index (χ0n) is 14.2. The highest BCUT2D eigenvalue weighted by atomic mass is 35.5. The van der Waals surface area contributed by atoms with Crippen LogP contribution in [-0.2, 0) is 10.4 Å². The van der Waals surface area contributed by atoms with Crippen LogP contribution in [0.3, 0.4) is 0 Å². The van der Waals surface area contributed by atoms with Crippen LogP contribution in [-0.4, -0.2) is 30.5 Å². The number of hydrogen-bond acceptors (Lipinski definition) is 4. The molecule has 0 spiro atoms. The van der Waals surface area contributed by atoms with E-state index in [2.05, 4.69) is 6.58 Å². The number of benzene rings is 2. The van der Waals surface area contributed by atoms with E-state index in [1.807, 2.05) is 0 Å². The number of ketones is 1. The van der Waals surface area contributed by atoms with Crippen molar-refractivity contribution in [2.24, 2.45) is 0 Å². The van der Waals surface area contributed by atoms with E-state index in [1.54, 1.807) is 42.5 Å². The van der Waals surface area contributed by atoms with Crippen molar-refractivity contribution >= 4 is 29.0 Å². The average Bonchev–Trinajstić information content (AvgIpc) is 2.84. The third-order valence-electron chi connectivity index (χ3n) is 4.41. The third-order valence-corrected chi connectivity index (χ3v) is 4.65. The summed E-state index contributed by atoms with van der Waals surface area (Å²) in [5.41, 5.74) is -0.756. The number of Topliss-reactive ketones (excluding diaryl/α,β-unsaturated/α-hetero) is 1. The summed E-state index contributed by atoms with van der Waals surface area (Å²) < 4.78 is 5.12. The first-order chi connectivity index (χ1) is 12.4. The molecule has 0 fully saturated rings. The summed E-state index contributed by atoms with van der Waals surface area (Å²) in [4.78, 5) is 27.0. The van der Waals surface area contributed by atoms with Crippen LogP contribution in [0.15, 0.2) is 55.1 Å². The van der Waals surface area contributed by atoms with E-state index < -0.39 is 11.5 Å². The Hall–Kier alpha value is -2.63. The Morgan fingerprint density at radius 3 is 2.81 bits per heavy atom. The molecule has 0 saturated heterocycles. The molecule has 1 amide bonds. The Balaban J connectivity index is 2.00. The molecular weight excluding hydrogens is 354 g/mol. The number of ether oxygens (including phenoxy) is 1. The first kappa shape index (κ1) is 18.2. The maximum absolute atomic E-state index is 12.9. The average molecular weight is 372 g/mol. The van der Waals surface area contributed by atoms with Crippen molar-refractivity contribution in [3.05, 3.63) is 71.3 Å². The van der Waals surface area contributed by atoms with Crippen LogP contribution in [0.4, 0.5) is 5.69 Å². The van der Waals surface area contributed by atoms with E-state index in [0.717, 1.165) is 0 Å². The Bertz CT molecular complexity index is 895. The number of anilines is 1. The summed E-state index contributed by atoms with van der Waals surface area (Å²) in [6.07, 6.45) is 1.17. The highest BCUT2D eigenvalue weighted by molar-refractivity contribution is 6.31. The summed E-state index contributed by atoms with van der Waals surface area (Å²) >= 11 is 6.05. The second-order valence-corrected chi connectivity index (χ2v) is 6.49. The number of rotatable bonds is 6. The van der Waals surface area contributed by atoms with Crippen molar-refractivity contribution < 1.29 is 19.4 Å². The van der Waals surface area contributed by atoms with Crippen molar-refractivity contribution in [3.63, 3.8) is 0 Å². The number of aliphatic hydroxyl groups is 1. The quantitative estimate of drug-likeness (QED) is 0.624. The molecule has 0 bridgehead atoms. The van der Waals surface area contributed by atoms with Crippen molar-refractivity contribution in [2.45, 2.75) is 12.0 Å². The summed E-state index contributed by atoms with van der Waals surface area (Å²) in [5, 5.41) is 11.5. The zero-order valence-corrected chi connectivity index (χ0v) is 15.0. The van der Waals surface area contributed by atoms with Crippen LogP contribution in [0.25, 0.3) is 0 Å². The summed E-state index contributed by atoms with van der Waals surface area (Å²) in [6, 6.07) is 11.4. The van der Waals surface area contributed by atoms with Crippen molar-refractivity contribution in [1.82, 2.24) is 0 Å². The largest absolute Gasteiger partial charge is 0.497 e. The lowest BCUT2D eigenvalue weighted by molar-refractivity contribution is -0.135. The van der Waals surface area contributed by atoms with Crippen LogP contribution in [0.1, 0.15) is 22.3 Å². The van der Waals surface area contributed by atoms with Gasteiger partial charge in [0.25, 0.3) is 5.91 Å². The predicted molar refractivity (Wildman–Crippen MR) is 99.8 cm³/mol. The lowest BCUT2D eigenvalue weighted by Gasteiger charge is -2.22. The molecule has 2 aromatic carbocycles. The van der Waals surface area contributed by atoms with Gasteiger partial charge in [-0.25, -0.2) is 0 Å². The lowest BCUT2D eigenvalue weighted by atomic mass is 9.88. The first-order valence-corrected chi connectivity index (χ1v) is 8.41. The number of fused-ring (bicyclic) bond motifs is 1. The Kier molecular flexibility index (Phi) is 4.85. The molecule has 5 nitrogen and oxygen atoms in total. The van der Waals surface area contributed by atoms with Gasteiger partial charge in [0, 0.05) is 22.7 Å². The summed E-state index contributed by atoms with van der Waals surface area (Å²) in [6.45, 7) is 3.87. The SMILES string of the molecule is C=CCN1C(=O)C(O)(CC(=O)c2cccc(OC)c2)c2cc(Cl)ccc21. The smallest absolute Gasteiger partial charge is 0.264 e. The zero-order chi connectivity index (χ0) is 18.9. The fourth-order valence-electron chi connectivity index (χ4n) is 3.13. The van der Waals surface area contributed by atoms with Crippen LogP contribution < -0.4 is 9.64 Å². The Labute approximate surface area is 156 Å². The van der Waals surface area contributed by atoms with Crippen molar-refractivity contribution in [3.8, 4) is 5.75 Å². The highest BCUT2D eigenvalue weighted by Crippen LogP contribution is 2.44. The number of nitrogens with zero attached hydrogens (tertiary/aromatic N) is 1. The van der Waals surface area contributed by atoms with E-state index in [1.165, 1.54) is 18.1 Å². The van der Waals surface area contributed by atoms with Gasteiger partial charge in [0.05, 0.1) is 19.2 Å². The van der Waals surface area contributed by atoms with Crippen LogP contribution in [0, 0.1) is 0 Å². The molecule has 0 radical (unpaired) electrons. The third kappa shape index (κ3) is 3.00. The van der Waals surface area contributed by atoms with Gasteiger partial charge in [-0.3, -0.25) is 9.59 Å². The van der Waals surface area contributed by atoms with E-state index >= 15 is 0 Å².